The van der Waals surface area contributed by atoms with Crippen molar-refractivity contribution < 1.29 is 38.4 Å². The van der Waals surface area contributed by atoms with Gasteiger partial charge in [0.25, 0.3) is 0 Å². The van der Waals surface area contributed by atoms with Crippen LogP contribution in [0.3, 0.4) is 0 Å². The van der Waals surface area contributed by atoms with Gasteiger partial charge in [0.15, 0.2) is 11.5 Å². The summed E-state index contributed by atoms with van der Waals surface area (Å²) in [4.78, 5) is 35.2. The Hall–Kier alpha value is -2.97. The Morgan fingerprint density at radius 1 is 1.19 bits per heavy atom. The summed E-state index contributed by atoms with van der Waals surface area (Å²) < 4.78 is 20.3. The van der Waals surface area contributed by atoms with E-state index in [2.05, 4.69) is 0 Å². The van der Waals surface area contributed by atoms with Crippen LogP contribution < -0.4 is 9.47 Å². The Morgan fingerprint density at radius 2 is 1.93 bits per heavy atom. The van der Waals surface area contributed by atoms with Crippen LogP contribution in [-0.2, 0) is 25.5 Å². The molecule has 1 amide bonds. The lowest BCUT2D eigenvalue weighted by molar-refractivity contribution is -0.152. The van der Waals surface area contributed by atoms with E-state index in [0.29, 0.717) is 17.9 Å². The number of rotatable bonds is 9. The molecule has 0 saturated heterocycles. The summed E-state index contributed by atoms with van der Waals surface area (Å²) in [6.45, 7) is 1.56. The molecule has 2 rings (SSSR count). The number of hydrogen-bond acceptors (Lipinski definition) is 7. The number of fused-ring (bicyclic) bond motifs is 1. The van der Waals surface area contributed by atoms with E-state index in [0.717, 1.165) is 5.56 Å². The number of carboxylic acid groups (broad SMARTS) is 1. The van der Waals surface area contributed by atoms with Crippen molar-refractivity contribution in [2.75, 3.05) is 20.6 Å². The molecule has 1 N–H and O–H groups in total. The summed E-state index contributed by atoms with van der Waals surface area (Å²) in [5, 5.41) is 8.50. The number of ether oxygens (including phenoxy) is 4. The monoisotopic (exact) mass is 381 g/mol. The van der Waals surface area contributed by atoms with Crippen molar-refractivity contribution in [2.24, 2.45) is 0 Å². The number of benzene rings is 1. The van der Waals surface area contributed by atoms with E-state index in [9.17, 15) is 14.4 Å². The Bertz CT molecular complexity index is 690. The second-order valence-corrected chi connectivity index (χ2v) is 6.14. The van der Waals surface area contributed by atoms with Crippen LogP contribution in [0.2, 0.25) is 0 Å². The average Bonchev–Trinajstić information content (AvgIpc) is 3.08. The highest BCUT2D eigenvalue weighted by Crippen LogP contribution is 2.32. The van der Waals surface area contributed by atoms with Crippen LogP contribution in [0, 0.1) is 0 Å². The quantitative estimate of drug-likeness (QED) is 0.512. The van der Waals surface area contributed by atoms with Gasteiger partial charge in [0.05, 0.1) is 0 Å². The lowest BCUT2D eigenvalue weighted by atomic mass is 10.1. The van der Waals surface area contributed by atoms with Crippen LogP contribution in [0.25, 0.3) is 0 Å². The zero-order valence-corrected chi connectivity index (χ0v) is 15.3. The van der Waals surface area contributed by atoms with Gasteiger partial charge >= 0.3 is 18.0 Å². The third kappa shape index (κ3) is 6.36. The van der Waals surface area contributed by atoms with Crippen molar-refractivity contribution in [2.45, 2.75) is 38.6 Å². The fraction of sp³-hybridized carbons (Fsp3) is 0.500. The summed E-state index contributed by atoms with van der Waals surface area (Å²) in [5.41, 5.74) is 0.983. The lowest BCUT2D eigenvalue weighted by Gasteiger charge is -2.24. The van der Waals surface area contributed by atoms with Gasteiger partial charge in [-0.3, -0.25) is 9.59 Å². The molecule has 0 aromatic heterocycles. The minimum Gasteiger partial charge on any atom is -0.481 e. The molecular formula is C18H23NO8. The largest absolute Gasteiger partial charge is 0.481 e. The molecule has 1 aliphatic heterocycles. The Morgan fingerprint density at radius 3 is 2.67 bits per heavy atom. The minimum atomic E-state index is -0.979. The molecule has 0 radical (unpaired) electrons. The van der Waals surface area contributed by atoms with Crippen molar-refractivity contribution in [3.05, 3.63) is 23.8 Å². The molecular weight excluding hydrogens is 358 g/mol. The smallest absolute Gasteiger partial charge is 0.412 e. The Balaban J connectivity index is 1.71. The Kier molecular flexibility index (Phi) is 7.27. The highest BCUT2D eigenvalue weighted by molar-refractivity contribution is 5.72. The molecule has 0 aliphatic carbocycles. The van der Waals surface area contributed by atoms with E-state index in [1.807, 2.05) is 25.1 Å². The van der Waals surface area contributed by atoms with E-state index >= 15 is 0 Å². The number of hydrogen-bond donors (Lipinski definition) is 1. The number of amides is 1. The molecule has 0 saturated carbocycles. The molecule has 1 unspecified atom stereocenters. The summed E-state index contributed by atoms with van der Waals surface area (Å²) in [7, 11) is 1.59. The topological polar surface area (TPSA) is 112 Å². The third-order valence-corrected chi connectivity index (χ3v) is 4.09. The highest BCUT2D eigenvalue weighted by Gasteiger charge is 2.20. The average molecular weight is 381 g/mol. The zero-order chi connectivity index (χ0) is 19.8. The molecule has 1 aromatic rings. The van der Waals surface area contributed by atoms with Crippen LogP contribution in [0.15, 0.2) is 18.2 Å². The van der Waals surface area contributed by atoms with Crippen molar-refractivity contribution >= 4 is 18.0 Å². The summed E-state index contributed by atoms with van der Waals surface area (Å²) >= 11 is 0. The van der Waals surface area contributed by atoms with Crippen LogP contribution >= 0.6 is 0 Å². The minimum absolute atomic E-state index is 0.0415. The van der Waals surface area contributed by atoms with E-state index in [-0.39, 0.29) is 32.1 Å². The van der Waals surface area contributed by atoms with E-state index < -0.39 is 24.8 Å². The zero-order valence-electron chi connectivity index (χ0n) is 15.3. The number of carbonyl (C=O) groups is 3. The molecule has 27 heavy (non-hydrogen) atoms. The molecule has 1 aliphatic rings. The highest BCUT2D eigenvalue weighted by atomic mass is 16.7. The van der Waals surface area contributed by atoms with Gasteiger partial charge in [0.1, 0.15) is 0 Å². The summed E-state index contributed by atoms with van der Waals surface area (Å²) in [5.74, 6) is -0.212. The van der Waals surface area contributed by atoms with Crippen LogP contribution in [0.5, 0.6) is 11.5 Å². The molecule has 148 valence electrons. The predicted octanol–water partition coefficient (Wildman–Crippen LogP) is 2.17. The van der Waals surface area contributed by atoms with E-state index in [1.54, 1.807) is 7.05 Å². The first kappa shape index (κ1) is 20.3. The van der Waals surface area contributed by atoms with E-state index in [4.69, 9.17) is 24.1 Å². The standard InChI is InChI=1S/C18H23NO8/c1-12(8-13-6-7-14-15(9-13)25-10-24-14)19(2)18(23)27-11-26-17(22)5-3-4-16(20)21/h6-7,9,12H,3-5,8,10-11H2,1-2H3,(H,20,21). The lowest BCUT2D eigenvalue weighted by Crippen LogP contribution is -2.37. The first-order valence-corrected chi connectivity index (χ1v) is 8.52. The number of carbonyl (C=O) groups excluding carboxylic acids is 2. The summed E-state index contributed by atoms with van der Waals surface area (Å²) in [6, 6.07) is 5.44. The number of aliphatic carboxylic acids is 1. The van der Waals surface area contributed by atoms with Gasteiger partial charge in [-0.05, 0) is 37.5 Å². The molecule has 0 bridgehead atoms. The molecule has 0 spiro atoms. The van der Waals surface area contributed by atoms with Gasteiger partial charge in [-0.15, -0.1) is 0 Å². The molecule has 9 heteroatoms. The fourth-order valence-corrected chi connectivity index (χ4v) is 2.43. The van der Waals surface area contributed by atoms with Gasteiger partial charge in [-0.2, -0.15) is 0 Å². The van der Waals surface area contributed by atoms with Crippen LogP contribution in [-0.4, -0.2) is 54.7 Å². The van der Waals surface area contributed by atoms with E-state index in [1.165, 1.54) is 4.90 Å². The van der Waals surface area contributed by atoms with Gasteiger partial charge in [0, 0.05) is 25.9 Å². The molecule has 1 atom stereocenters. The van der Waals surface area contributed by atoms with Crippen LogP contribution in [0.1, 0.15) is 31.7 Å². The van der Waals surface area contributed by atoms with Crippen molar-refractivity contribution in [1.29, 1.82) is 0 Å². The van der Waals surface area contributed by atoms with Crippen molar-refractivity contribution in [1.82, 2.24) is 4.90 Å². The van der Waals surface area contributed by atoms with Gasteiger partial charge in [-0.1, -0.05) is 6.07 Å². The number of nitrogens with zero attached hydrogens (tertiary/aromatic N) is 1. The first-order chi connectivity index (χ1) is 12.9. The molecule has 9 nitrogen and oxygen atoms in total. The second kappa shape index (κ2) is 9.65. The molecule has 0 fully saturated rings. The van der Waals surface area contributed by atoms with Gasteiger partial charge < -0.3 is 29.0 Å². The molecule has 1 heterocycles. The molecule has 1 aromatic carbocycles. The maximum Gasteiger partial charge on any atom is 0.412 e. The number of carboxylic acids is 1. The normalized spacial score (nSPS) is 13.0. The van der Waals surface area contributed by atoms with Gasteiger partial charge in [-0.25, -0.2) is 4.79 Å². The maximum atomic E-state index is 12.0. The van der Waals surface area contributed by atoms with Crippen LogP contribution in [0.4, 0.5) is 4.79 Å². The van der Waals surface area contributed by atoms with Crippen molar-refractivity contribution in [3.8, 4) is 11.5 Å². The van der Waals surface area contributed by atoms with Gasteiger partial charge in [0.2, 0.25) is 13.6 Å². The fourth-order valence-electron chi connectivity index (χ4n) is 2.43. The predicted molar refractivity (Wildman–Crippen MR) is 92.4 cm³/mol. The third-order valence-electron chi connectivity index (χ3n) is 4.09. The number of likely N-dealkylation sites (N-methyl/N-ethyl adjacent to an activating group) is 1. The second-order valence-electron chi connectivity index (χ2n) is 6.14. The van der Waals surface area contributed by atoms with Crippen molar-refractivity contribution in [3.63, 3.8) is 0 Å². The Labute approximate surface area is 156 Å². The summed E-state index contributed by atoms with van der Waals surface area (Å²) in [6.07, 6.45) is -0.0253. The maximum absolute atomic E-state index is 12.0. The SMILES string of the molecule is CC(Cc1ccc2c(c1)OCO2)N(C)C(=O)OCOC(=O)CCCC(=O)O. The number of esters is 1. The first-order valence-electron chi connectivity index (χ1n) is 8.52.